The summed E-state index contributed by atoms with van der Waals surface area (Å²) in [5, 5.41) is 2.97. The highest BCUT2D eigenvalue weighted by Crippen LogP contribution is 2.35. The Kier molecular flexibility index (Phi) is 6.84. The summed E-state index contributed by atoms with van der Waals surface area (Å²) in [6, 6.07) is 11.0. The van der Waals surface area contributed by atoms with Gasteiger partial charge in [-0.25, -0.2) is 9.78 Å². The van der Waals surface area contributed by atoms with Crippen molar-refractivity contribution in [2.24, 2.45) is 5.73 Å². The van der Waals surface area contributed by atoms with Crippen molar-refractivity contribution in [3.05, 3.63) is 47.9 Å². The van der Waals surface area contributed by atoms with Gasteiger partial charge < -0.3 is 34.6 Å². The average Bonchev–Trinajstić information content (AvgIpc) is 3.53. The zero-order valence-electron chi connectivity index (χ0n) is 20.2. The summed E-state index contributed by atoms with van der Waals surface area (Å²) >= 11 is 0. The van der Waals surface area contributed by atoms with Crippen molar-refractivity contribution in [3.63, 3.8) is 0 Å². The van der Waals surface area contributed by atoms with Crippen LogP contribution in [0.3, 0.4) is 0 Å². The van der Waals surface area contributed by atoms with Crippen LogP contribution in [-0.2, 0) is 11.3 Å². The van der Waals surface area contributed by atoms with Gasteiger partial charge in [-0.15, -0.1) is 0 Å². The Hall–Kier alpha value is -3.95. The zero-order chi connectivity index (χ0) is 25.1. The average molecular weight is 495 g/mol. The molecule has 2 fully saturated rings. The van der Waals surface area contributed by atoms with E-state index < -0.39 is 5.91 Å². The number of urea groups is 1. The van der Waals surface area contributed by atoms with E-state index in [9.17, 15) is 9.59 Å². The molecule has 3 N–H and O–H groups in total. The number of hydrogen-bond acceptors (Lipinski definition) is 7. The van der Waals surface area contributed by atoms with Crippen LogP contribution in [0.15, 0.2) is 40.8 Å². The van der Waals surface area contributed by atoms with E-state index in [2.05, 4.69) is 10.3 Å². The number of fused-ring (bicyclic) bond motifs is 1. The minimum atomic E-state index is -0.581. The van der Waals surface area contributed by atoms with Crippen molar-refractivity contribution in [2.45, 2.75) is 44.2 Å². The van der Waals surface area contributed by atoms with Crippen LogP contribution in [0, 0.1) is 0 Å². The first-order valence-corrected chi connectivity index (χ1v) is 12.2. The van der Waals surface area contributed by atoms with Gasteiger partial charge in [0.1, 0.15) is 5.75 Å². The minimum absolute atomic E-state index is 0.0540. The molecule has 0 radical (unpaired) electrons. The maximum absolute atomic E-state index is 12.7. The Balaban J connectivity index is 1.32. The molecule has 10 nitrogen and oxygen atoms in total. The minimum Gasteiger partial charge on any atom is -0.493 e. The van der Waals surface area contributed by atoms with Crippen molar-refractivity contribution in [2.75, 3.05) is 26.8 Å². The molecule has 1 atom stereocenters. The number of benzene rings is 2. The van der Waals surface area contributed by atoms with Crippen LogP contribution in [0.5, 0.6) is 17.2 Å². The van der Waals surface area contributed by atoms with E-state index in [0.29, 0.717) is 41.6 Å². The molecule has 0 spiro atoms. The highest BCUT2D eigenvalue weighted by atomic mass is 16.5. The Morgan fingerprint density at radius 1 is 1.19 bits per heavy atom. The van der Waals surface area contributed by atoms with E-state index in [1.54, 1.807) is 30.2 Å². The first-order chi connectivity index (χ1) is 17.5. The number of methoxy groups -OCH3 is 1. The molecule has 0 bridgehead atoms. The number of carbonyl (C=O) groups is 2. The summed E-state index contributed by atoms with van der Waals surface area (Å²) in [6.45, 7) is 0.938. The maximum atomic E-state index is 12.7. The first kappa shape index (κ1) is 23.8. The lowest BCUT2D eigenvalue weighted by atomic mass is 9.96. The fourth-order valence-corrected chi connectivity index (χ4v) is 4.79. The lowest BCUT2D eigenvalue weighted by Gasteiger charge is -2.33. The molecular formula is C26H30N4O6. The Bertz CT molecular complexity index is 1250. The third kappa shape index (κ3) is 5.17. The van der Waals surface area contributed by atoms with Gasteiger partial charge in [0, 0.05) is 19.0 Å². The molecule has 5 rings (SSSR count). The Morgan fingerprint density at radius 3 is 2.81 bits per heavy atom. The van der Waals surface area contributed by atoms with Crippen LogP contribution in [0.4, 0.5) is 4.79 Å². The number of amides is 3. The van der Waals surface area contributed by atoms with E-state index in [1.165, 1.54) is 12.8 Å². The molecule has 3 amide bonds. The monoisotopic (exact) mass is 494 g/mol. The van der Waals surface area contributed by atoms with E-state index >= 15 is 0 Å². The normalized spacial score (nSPS) is 18.3. The summed E-state index contributed by atoms with van der Waals surface area (Å²) in [7, 11) is 1.64. The largest absolute Gasteiger partial charge is 0.493 e. The summed E-state index contributed by atoms with van der Waals surface area (Å²) in [6.07, 6.45) is 4.70. The fourth-order valence-electron chi connectivity index (χ4n) is 4.79. The number of rotatable bonds is 9. The van der Waals surface area contributed by atoms with Crippen molar-refractivity contribution in [3.8, 4) is 17.2 Å². The lowest BCUT2D eigenvalue weighted by Crippen LogP contribution is -2.49. The van der Waals surface area contributed by atoms with Crippen LogP contribution in [0.2, 0.25) is 0 Å². The van der Waals surface area contributed by atoms with Crippen LogP contribution >= 0.6 is 0 Å². The Labute approximate surface area is 208 Å². The molecule has 1 unspecified atom stereocenters. The second-order valence-electron chi connectivity index (χ2n) is 9.16. The van der Waals surface area contributed by atoms with E-state index in [-0.39, 0.29) is 31.2 Å². The van der Waals surface area contributed by atoms with Crippen LogP contribution in [0.25, 0.3) is 11.1 Å². The number of nitrogens with one attached hydrogen (secondary N) is 1. The molecular weight excluding hydrogens is 464 g/mol. The van der Waals surface area contributed by atoms with Crippen LogP contribution < -0.4 is 25.3 Å². The van der Waals surface area contributed by atoms with Crippen molar-refractivity contribution in [1.82, 2.24) is 15.2 Å². The molecule has 1 aromatic heterocycles. The van der Waals surface area contributed by atoms with Crippen LogP contribution in [0.1, 0.15) is 43.1 Å². The van der Waals surface area contributed by atoms with Crippen LogP contribution in [-0.4, -0.2) is 54.7 Å². The van der Waals surface area contributed by atoms with E-state index in [4.69, 9.17) is 24.4 Å². The molecule has 1 saturated heterocycles. The van der Waals surface area contributed by atoms with E-state index in [1.807, 2.05) is 18.2 Å². The molecule has 1 aliphatic carbocycles. The molecule has 2 aromatic carbocycles. The number of aromatic nitrogens is 1. The number of nitrogens with two attached hydrogens (primary N) is 1. The molecule has 1 saturated carbocycles. The van der Waals surface area contributed by atoms with Crippen molar-refractivity contribution in [1.29, 1.82) is 0 Å². The van der Waals surface area contributed by atoms with Gasteiger partial charge in [0.25, 0.3) is 5.91 Å². The molecule has 2 aliphatic rings. The summed E-state index contributed by atoms with van der Waals surface area (Å²) in [4.78, 5) is 29.9. The molecule has 2 heterocycles. The van der Waals surface area contributed by atoms with Gasteiger partial charge in [0.15, 0.2) is 29.2 Å². The lowest BCUT2D eigenvalue weighted by molar-refractivity contribution is -0.119. The topological polar surface area (TPSA) is 129 Å². The number of ether oxygens (including phenoxy) is 3. The van der Waals surface area contributed by atoms with Gasteiger partial charge in [-0.3, -0.25) is 4.79 Å². The van der Waals surface area contributed by atoms with Crippen molar-refractivity contribution >= 4 is 23.0 Å². The Morgan fingerprint density at radius 2 is 2.03 bits per heavy atom. The predicted octanol–water partition coefficient (Wildman–Crippen LogP) is 3.33. The third-order valence-corrected chi connectivity index (χ3v) is 6.60. The zero-order valence-corrected chi connectivity index (χ0v) is 20.2. The van der Waals surface area contributed by atoms with Crippen molar-refractivity contribution < 1.29 is 28.2 Å². The second-order valence-corrected chi connectivity index (χ2v) is 9.16. The number of oxazole rings is 1. The molecule has 1 aliphatic heterocycles. The third-order valence-electron chi connectivity index (χ3n) is 6.60. The number of para-hydroxylation sites is 1. The highest BCUT2D eigenvalue weighted by molar-refractivity contribution is 5.81. The van der Waals surface area contributed by atoms with Gasteiger partial charge in [0.2, 0.25) is 5.89 Å². The quantitative estimate of drug-likeness (QED) is 0.467. The van der Waals surface area contributed by atoms with Gasteiger partial charge >= 0.3 is 6.03 Å². The molecule has 3 aromatic rings. The number of primary amides is 1. The molecule has 10 heteroatoms. The van der Waals surface area contributed by atoms with Gasteiger partial charge in [-0.1, -0.05) is 12.1 Å². The summed E-state index contributed by atoms with van der Waals surface area (Å²) < 4.78 is 23.1. The molecule has 190 valence electrons. The predicted molar refractivity (Wildman–Crippen MR) is 131 cm³/mol. The summed E-state index contributed by atoms with van der Waals surface area (Å²) in [5.41, 5.74) is 7.23. The highest BCUT2D eigenvalue weighted by Gasteiger charge is 2.29. The standard InChI is InChI=1S/C26H30N4O6/c1-33-19-10-9-16(11-22(19)35-18-5-2-3-6-18)17-12-28-26(32)30(13-17)14-24-29-25-20(34-15-23(27)31)7-4-8-21(25)36-24/h4,7-11,17-18H,2-3,5-6,12-15H2,1H3,(H2,27,31)(H,28,32). The van der Waals surface area contributed by atoms with Gasteiger partial charge in [-0.05, 0) is 55.5 Å². The van der Waals surface area contributed by atoms with Gasteiger partial charge in [0.05, 0.1) is 19.8 Å². The second kappa shape index (κ2) is 10.3. The first-order valence-electron chi connectivity index (χ1n) is 12.2. The number of carbonyl (C=O) groups excluding carboxylic acids is 2. The van der Waals surface area contributed by atoms with Gasteiger partial charge in [-0.2, -0.15) is 0 Å². The molecule has 36 heavy (non-hydrogen) atoms. The maximum Gasteiger partial charge on any atom is 0.317 e. The number of hydrogen-bond donors (Lipinski definition) is 2. The smallest absolute Gasteiger partial charge is 0.317 e. The van der Waals surface area contributed by atoms with E-state index in [0.717, 1.165) is 24.2 Å². The SMILES string of the molecule is COc1ccc(C2CNC(=O)N(Cc3nc4c(OCC(N)=O)cccc4o3)C2)cc1OC1CCCC1. The number of nitrogens with zero attached hydrogens (tertiary/aromatic N) is 2. The summed E-state index contributed by atoms with van der Waals surface area (Å²) in [5.74, 6) is 1.70. The fraction of sp³-hybridized carbons (Fsp3) is 0.423.